The molecule has 1 atom stereocenters. The number of hydrogen-bond donors (Lipinski definition) is 2. The molecule has 0 saturated carbocycles. The first kappa shape index (κ1) is 11.9. The number of amides is 1. The first-order chi connectivity index (χ1) is 6.55. The number of rotatable bonds is 4. The summed E-state index contributed by atoms with van der Waals surface area (Å²) < 4.78 is 0. The molecule has 1 amide bonds. The van der Waals surface area contributed by atoms with Gasteiger partial charge in [-0.1, -0.05) is 13.8 Å². The molecule has 0 radical (unpaired) electrons. The Labute approximate surface area is 89.6 Å². The van der Waals surface area contributed by atoms with Crippen molar-refractivity contribution in [2.45, 2.75) is 20.3 Å². The molecule has 0 aromatic carbocycles. The van der Waals surface area contributed by atoms with Gasteiger partial charge in [-0.2, -0.15) is 11.8 Å². The van der Waals surface area contributed by atoms with Crippen molar-refractivity contribution in [3.05, 3.63) is 0 Å². The van der Waals surface area contributed by atoms with Crippen LogP contribution in [0.5, 0.6) is 0 Å². The van der Waals surface area contributed by atoms with Crippen LogP contribution in [-0.2, 0) is 4.79 Å². The van der Waals surface area contributed by atoms with Crippen LogP contribution >= 0.6 is 11.8 Å². The molecule has 1 saturated heterocycles. The molecule has 0 bridgehead atoms. The number of aliphatic hydroxyl groups is 1. The molecule has 1 heterocycles. The smallest absolute Gasteiger partial charge is 0.223 e. The lowest BCUT2D eigenvalue weighted by Gasteiger charge is -2.22. The average molecular weight is 217 g/mol. The van der Waals surface area contributed by atoms with Crippen molar-refractivity contribution >= 4 is 17.7 Å². The number of thioether (sulfide) groups is 1. The minimum Gasteiger partial charge on any atom is -0.396 e. The lowest BCUT2D eigenvalue weighted by Crippen LogP contribution is -2.39. The third kappa shape index (κ3) is 3.50. The summed E-state index contributed by atoms with van der Waals surface area (Å²) in [6, 6.07) is 0. The number of nitrogens with one attached hydrogen (secondary N) is 1. The lowest BCUT2D eigenvalue weighted by atomic mass is 9.94. The summed E-state index contributed by atoms with van der Waals surface area (Å²) in [5, 5.41) is 11.9. The second kappa shape index (κ2) is 5.03. The quantitative estimate of drug-likeness (QED) is 0.735. The van der Waals surface area contributed by atoms with E-state index in [-0.39, 0.29) is 23.8 Å². The Morgan fingerprint density at radius 1 is 1.64 bits per heavy atom. The summed E-state index contributed by atoms with van der Waals surface area (Å²) in [5.74, 6) is 2.39. The summed E-state index contributed by atoms with van der Waals surface area (Å²) in [5.41, 5.74) is -0.207. The van der Waals surface area contributed by atoms with E-state index in [0.29, 0.717) is 6.54 Å². The molecular weight excluding hydrogens is 198 g/mol. The summed E-state index contributed by atoms with van der Waals surface area (Å²) in [6.45, 7) is 4.55. The largest absolute Gasteiger partial charge is 0.396 e. The molecule has 0 aromatic rings. The van der Waals surface area contributed by atoms with Crippen LogP contribution < -0.4 is 5.32 Å². The van der Waals surface area contributed by atoms with E-state index < -0.39 is 0 Å². The fraction of sp³-hybridized carbons (Fsp3) is 0.900. The van der Waals surface area contributed by atoms with Gasteiger partial charge in [0, 0.05) is 30.2 Å². The van der Waals surface area contributed by atoms with E-state index in [2.05, 4.69) is 5.32 Å². The highest BCUT2D eigenvalue weighted by molar-refractivity contribution is 7.99. The Morgan fingerprint density at radius 2 is 2.36 bits per heavy atom. The van der Waals surface area contributed by atoms with Crippen molar-refractivity contribution in [3.63, 3.8) is 0 Å². The number of carbonyl (C=O) groups excluding carboxylic acids is 1. The van der Waals surface area contributed by atoms with Gasteiger partial charge in [0.15, 0.2) is 0 Å². The standard InChI is InChI=1S/C10H19NO2S/c1-10(2,7-12)6-11-9(13)8-3-4-14-5-8/h8,12H,3-7H2,1-2H3,(H,11,13). The zero-order valence-corrected chi connectivity index (χ0v) is 9.69. The summed E-state index contributed by atoms with van der Waals surface area (Å²) in [6.07, 6.45) is 0.996. The van der Waals surface area contributed by atoms with E-state index in [1.807, 2.05) is 25.6 Å². The molecule has 3 nitrogen and oxygen atoms in total. The van der Waals surface area contributed by atoms with Gasteiger partial charge in [0.05, 0.1) is 0 Å². The minimum absolute atomic E-state index is 0.104. The predicted octanol–water partition coefficient (Wildman–Crippen LogP) is 0.874. The Hall–Kier alpha value is -0.220. The molecular formula is C10H19NO2S. The van der Waals surface area contributed by atoms with Gasteiger partial charge >= 0.3 is 0 Å². The first-order valence-corrected chi connectivity index (χ1v) is 6.17. The maximum absolute atomic E-state index is 11.6. The normalized spacial score (nSPS) is 22.4. The van der Waals surface area contributed by atoms with E-state index >= 15 is 0 Å². The molecule has 1 aliphatic rings. The highest BCUT2D eigenvalue weighted by Crippen LogP contribution is 2.23. The molecule has 2 N–H and O–H groups in total. The van der Waals surface area contributed by atoms with Crippen LogP contribution in [0, 0.1) is 11.3 Å². The van der Waals surface area contributed by atoms with Gasteiger partial charge < -0.3 is 10.4 Å². The van der Waals surface area contributed by atoms with Crippen LogP contribution in [0.4, 0.5) is 0 Å². The second-order valence-electron chi connectivity index (χ2n) is 4.60. The van der Waals surface area contributed by atoms with Crippen molar-refractivity contribution in [2.75, 3.05) is 24.7 Å². The maximum atomic E-state index is 11.6. The van der Waals surface area contributed by atoms with Gasteiger partial charge in [0.1, 0.15) is 0 Å². The topological polar surface area (TPSA) is 49.3 Å². The molecule has 1 rings (SSSR count). The third-order valence-corrected chi connectivity index (χ3v) is 3.63. The van der Waals surface area contributed by atoms with Gasteiger partial charge in [-0.25, -0.2) is 0 Å². The van der Waals surface area contributed by atoms with Crippen molar-refractivity contribution in [3.8, 4) is 0 Å². The van der Waals surface area contributed by atoms with Crippen molar-refractivity contribution in [1.82, 2.24) is 5.32 Å². The van der Waals surface area contributed by atoms with E-state index in [1.165, 1.54) is 0 Å². The number of carbonyl (C=O) groups is 1. The van der Waals surface area contributed by atoms with Crippen LogP contribution in [0.3, 0.4) is 0 Å². The van der Waals surface area contributed by atoms with Crippen LogP contribution in [-0.4, -0.2) is 35.7 Å². The molecule has 1 aliphatic heterocycles. The van der Waals surface area contributed by atoms with Gasteiger partial charge in [-0.15, -0.1) is 0 Å². The van der Waals surface area contributed by atoms with E-state index in [4.69, 9.17) is 5.11 Å². The Kier molecular flexibility index (Phi) is 4.26. The third-order valence-electron chi connectivity index (χ3n) is 2.47. The van der Waals surface area contributed by atoms with E-state index in [1.54, 1.807) is 0 Å². The molecule has 1 fully saturated rings. The highest BCUT2D eigenvalue weighted by atomic mass is 32.2. The van der Waals surface area contributed by atoms with Crippen LogP contribution in [0.2, 0.25) is 0 Å². The Bertz CT molecular complexity index is 200. The molecule has 0 aromatic heterocycles. The van der Waals surface area contributed by atoms with Crippen molar-refractivity contribution in [2.24, 2.45) is 11.3 Å². The summed E-state index contributed by atoms with van der Waals surface area (Å²) in [4.78, 5) is 11.6. The SMILES string of the molecule is CC(C)(CO)CNC(=O)C1CCSC1. The monoisotopic (exact) mass is 217 g/mol. The van der Waals surface area contributed by atoms with Crippen LogP contribution in [0.25, 0.3) is 0 Å². The molecule has 0 spiro atoms. The fourth-order valence-corrected chi connectivity index (χ4v) is 2.49. The predicted molar refractivity (Wildman–Crippen MR) is 59.3 cm³/mol. The first-order valence-electron chi connectivity index (χ1n) is 5.01. The maximum Gasteiger partial charge on any atom is 0.223 e. The van der Waals surface area contributed by atoms with Crippen LogP contribution in [0.1, 0.15) is 20.3 Å². The van der Waals surface area contributed by atoms with Crippen molar-refractivity contribution in [1.29, 1.82) is 0 Å². The van der Waals surface area contributed by atoms with Crippen LogP contribution in [0.15, 0.2) is 0 Å². The highest BCUT2D eigenvalue weighted by Gasteiger charge is 2.25. The lowest BCUT2D eigenvalue weighted by molar-refractivity contribution is -0.124. The summed E-state index contributed by atoms with van der Waals surface area (Å²) in [7, 11) is 0. The fourth-order valence-electron chi connectivity index (χ4n) is 1.27. The van der Waals surface area contributed by atoms with Gasteiger partial charge in [-0.3, -0.25) is 4.79 Å². The molecule has 1 unspecified atom stereocenters. The Balaban J connectivity index is 2.27. The average Bonchev–Trinajstić information content (AvgIpc) is 2.67. The molecule has 82 valence electrons. The zero-order valence-electron chi connectivity index (χ0n) is 8.88. The molecule has 4 heteroatoms. The van der Waals surface area contributed by atoms with E-state index in [0.717, 1.165) is 17.9 Å². The Morgan fingerprint density at radius 3 is 2.86 bits per heavy atom. The molecule has 14 heavy (non-hydrogen) atoms. The second-order valence-corrected chi connectivity index (χ2v) is 5.75. The summed E-state index contributed by atoms with van der Waals surface area (Å²) >= 11 is 1.84. The number of aliphatic hydroxyl groups excluding tert-OH is 1. The van der Waals surface area contributed by atoms with E-state index in [9.17, 15) is 4.79 Å². The van der Waals surface area contributed by atoms with Crippen molar-refractivity contribution < 1.29 is 9.90 Å². The minimum atomic E-state index is -0.207. The van der Waals surface area contributed by atoms with Gasteiger partial charge in [0.2, 0.25) is 5.91 Å². The molecule has 0 aliphatic carbocycles. The number of hydrogen-bond acceptors (Lipinski definition) is 3. The van der Waals surface area contributed by atoms with Gasteiger partial charge in [0.25, 0.3) is 0 Å². The van der Waals surface area contributed by atoms with Gasteiger partial charge in [-0.05, 0) is 12.2 Å². The zero-order chi connectivity index (χ0) is 10.6.